The molecule has 3 aromatic heterocycles. The second kappa shape index (κ2) is 4.55. The van der Waals surface area contributed by atoms with Gasteiger partial charge in [-0.15, -0.1) is 0 Å². The number of nitrogens with zero attached hydrogens (tertiary/aromatic N) is 3. The van der Waals surface area contributed by atoms with Gasteiger partial charge < -0.3 is 9.52 Å². The van der Waals surface area contributed by atoms with Crippen molar-refractivity contribution >= 4 is 27.1 Å². The summed E-state index contributed by atoms with van der Waals surface area (Å²) in [5, 5.41) is 9.11. The van der Waals surface area contributed by atoms with Crippen molar-refractivity contribution in [3.8, 4) is 5.88 Å². The minimum absolute atomic E-state index is 0.0329. The SMILES string of the molecule is OCCc1nc2cccnc2n1-c1ccc(Br)o1. The van der Waals surface area contributed by atoms with Crippen LogP contribution in [0.4, 0.5) is 0 Å². The fraction of sp³-hybridized carbons (Fsp3) is 0.167. The maximum absolute atomic E-state index is 9.11. The fourth-order valence-corrected chi connectivity index (χ4v) is 2.18. The molecule has 0 aliphatic rings. The number of halogens is 1. The van der Waals surface area contributed by atoms with Crippen LogP contribution < -0.4 is 0 Å². The maximum Gasteiger partial charge on any atom is 0.208 e. The van der Waals surface area contributed by atoms with E-state index in [0.717, 1.165) is 17.0 Å². The molecule has 0 bridgehead atoms. The Balaban J connectivity index is 2.27. The van der Waals surface area contributed by atoms with Gasteiger partial charge in [0.1, 0.15) is 11.3 Å². The van der Waals surface area contributed by atoms with E-state index in [1.165, 1.54) is 0 Å². The van der Waals surface area contributed by atoms with E-state index < -0.39 is 0 Å². The molecule has 0 saturated heterocycles. The molecule has 0 aromatic carbocycles. The Morgan fingerprint density at radius 1 is 1.33 bits per heavy atom. The molecule has 0 radical (unpaired) electrons. The highest BCUT2D eigenvalue weighted by Crippen LogP contribution is 2.23. The summed E-state index contributed by atoms with van der Waals surface area (Å²) in [5.41, 5.74) is 1.51. The van der Waals surface area contributed by atoms with Crippen molar-refractivity contribution < 1.29 is 9.52 Å². The third-order valence-corrected chi connectivity index (χ3v) is 3.03. The van der Waals surface area contributed by atoms with E-state index in [-0.39, 0.29) is 6.61 Å². The van der Waals surface area contributed by atoms with Crippen molar-refractivity contribution in [3.05, 3.63) is 41.0 Å². The Kier molecular flexibility index (Phi) is 2.89. The third kappa shape index (κ3) is 1.83. The van der Waals surface area contributed by atoms with Crippen LogP contribution in [-0.4, -0.2) is 26.2 Å². The number of aromatic nitrogens is 3. The summed E-state index contributed by atoms with van der Waals surface area (Å²) in [7, 11) is 0. The van der Waals surface area contributed by atoms with E-state index in [0.29, 0.717) is 17.0 Å². The smallest absolute Gasteiger partial charge is 0.208 e. The van der Waals surface area contributed by atoms with E-state index in [9.17, 15) is 0 Å². The molecular weight excluding hydrogens is 298 g/mol. The minimum Gasteiger partial charge on any atom is -0.433 e. The molecule has 6 heteroatoms. The fourth-order valence-electron chi connectivity index (χ4n) is 1.88. The van der Waals surface area contributed by atoms with Crippen molar-refractivity contribution in [2.45, 2.75) is 6.42 Å². The molecule has 5 nitrogen and oxygen atoms in total. The van der Waals surface area contributed by atoms with E-state index >= 15 is 0 Å². The van der Waals surface area contributed by atoms with Gasteiger partial charge in [0, 0.05) is 18.7 Å². The molecule has 3 rings (SSSR count). The summed E-state index contributed by atoms with van der Waals surface area (Å²) in [5.74, 6) is 1.36. The maximum atomic E-state index is 9.11. The number of pyridine rings is 1. The van der Waals surface area contributed by atoms with Crippen molar-refractivity contribution in [3.63, 3.8) is 0 Å². The minimum atomic E-state index is 0.0329. The number of fused-ring (bicyclic) bond motifs is 1. The van der Waals surface area contributed by atoms with Crippen molar-refractivity contribution in [1.29, 1.82) is 0 Å². The van der Waals surface area contributed by atoms with Crippen LogP contribution in [0.3, 0.4) is 0 Å². The number of hydrogen-bond acceptors (Lipinski definition) is 4. The molecule has 0 aliphatic heterocycles. The third-order valence-electron chi connectivity index (χ3n) is 2.60. The standard InChI is InChI=1S/C12H10BrN3O2/c13-9-3-4-11(18-9)16-10(5-7-17)15-8-2-1-6-14-12(8)16/h1-4,6,17H,5,7H2. The number of hydrogen-bond donors (Lipinski definition) is 1. The number of imidazole rings is 1. The molecule has 92 valence electrons. The summed E-state index contributed by atoms with van der Waals surface area (Å²) in [4.78, 5) is 8.77. The predicted octanol–water partition coefficient (Wildman–Crippen LogP) is 2.31. The number of aliphatic hydroxyl groups excluding tert-OH is 1. The van der Waals surface area contributed by atoms with Gasteiger partial charge in [-0.25, -0.2) is 14.5 Å². The summed E-state index contributed by atoms with van der Waals surface area (Å²) in [6.45, 7) is 0.0329. The topological polar surface area (TPSA) is 64.1 Å². The zero-order valence-electron chi connectivity index (χ0n) is 9.38. The second-order valence-electron chi connectivity index (χ2n) is 3.76. The molecule has 3 aromatic rings. The van der Waals surface area contributed by atoms with Gasteiger partial charge in [-0.2, -0.15) is 0 Å². The summed E-state index contributed by atoms with van der Waals surface area (Å²) in [6.07, 6.45) is 2.16. The van der Waals surface area contributed by atoms with E-state index in [2.05, 4.69) is 25.9 Å². The highest BCUT2D eigenvalue weighted by atomic mass is 79.9. The van der Waals surface area contributed by atoms with Gasteiger partial charge in [0.25, 0.3) is 0 Å². The summed E-state index contributed by atoms with van der Waals surface area (Å²) in [6, 6.07) is 7.37. The summed E-state index contributed by atoms with van der Waals surface area (Å²) < 4.78 is 8.00. The molecule has 0 aliphatic carbocycles. The molecule has 18 heavy (non-hydrogen) atoms. The van der Waals surface area contributed by atoms with Crippen molar-refractivity contribution in [2.75, 3.05) is 6.61 Å². The monoisotopic (exact) mass is 307 g/mol. The Morgan fingerprint density at radius 2 is 2.22 bits per heavy atom. The number of aliphatic hydroxyl groups is 1. The van der Waals surface area contributed by atoms with Crippen molar-refractivity contribution in [1.82, 2.24) is 14.5 Å². The highest BCUT2D eigenvalue weighted by molar-refractivity contribution is 9.10. The first-order chi connectivity index (χ1) is 8.79. The molecular formula is C12H10BrN3O2. The van der Waals surface area contributed by atoms with Gasteiger partial charge in [0.15, 0.2) is 10.3 Å². The summed E-state index contributed by atoms with van der Waals surface area (Å²) >= 11 is 3.28. The lowest BCUT2D eigenvalue weighted by atomic mass is 10.4. The van der Waals surface area contributed by atoms with Gasteiger partial charge in [0.2, 0.25) is 5.88 Å². The van der Waals surface area contributed by atoms with Gasteiger partial charge >= 0.3 is 0 Å². The van der Waals surface area contributed by atoms with Crippen molar-refractivity contribution in [2.24, 2.45) is 0 Å². The molecule has 1 N–H and O–H groups in total. The molecule has 0 amide bonds. The zero-order valence-corrected chi connectivity index (χ0v) is 11.0. The number of rotatable bonds is 3. The van der Waals surface area contributed by atoms with Crippen LogP contribution >= 0.6 is 15.9 Å². The zero-order chi connectivity index (χ0) is 12.5. The normalized spacial score (nSPS) is 11.2. The van der Waals surface area contributed by atoms with E-state index in [4.69, 9.17) is 9.52 Å². The second-order valence-corrected chi connectivity index (χ2v) is 4.54. The van der Waals surface area contributed by atoms with Crippen LogP contribution in [0.2, 0.25) is 0 Å². The lowest BCUT2D eigenvalue weighted by Gasteiger charge is -2.03. The Morgan fingerprint density at radius 3 is 2.94 bits per heavy atom. The van der Waals surface area contributed by atoms with Gasteiger partial charge in [-0.05, 0) is 34.1 Å². The van der Waals surface area contributed by atoms with Crippen LogP contribution in [0.15, 0.2) is 39.5 Å². The van der Waals surface area contributed by atoms with Gasteiger partial charge in [-0.1, -0.05) is 0 Å². The Hall–Kier alpha value is -1.66. The lowest BCUT2D eigenvalue weighted by Crippen LogP contribution is -2.03. The Bertz CT molecular complexity index is 690. The molecule has 3 heterocycles. The first-order valence-electron chi connectivity index (χ1n) is 5.48. The largest absolute Gasteiger partial charge is 0.433 e. The first kappa shape index (κ1) is 11.4. The van der Waals surface area contributed by atoms with Crippen LogP contribution in [0.25, 0.3) is 17.0 Å². The Labute approximate surface area is 111 Å². The van der Waals surface area contributed by atoms with E-state index in [1.54, 1.807) is 6.20 Å². The molecule has 0 unspecified atom stereocenters. The molecule has 0 fully saturated rings. The molecule has 0 spiro atoms. The quantitative estimate of drug-likeness (QED) is 0.806. The van der Waals surface area contributed by atoms with Crippen LogP contribution in [0.5, 0.6) is 0 Å². The van der Waals surface area contributed by atoms with Gasteiger partial charge in [-0.3, -0.25) is 0 Å². The predicted molar refractivity (Wildman–Crippen MR) is 69.6 cm³/mol. The average Bonchev–Trinajstić information content (AvgIpc) is 2.92. The van der Waals surface area contributed by atoms with Gasteiger partial charge in [0.05, 0.1) is 6.61 Å². The molecule has 0 saturated carbocycles. The van der Waals surface area contributed by atoms with Crippen LogP contribution in [0, 0.1) is 0 Å². The highest BCUT2D eigenvalue weighted by Gasteiger charge is 2.15. The lowest BCUT2D eigenvalue weighted by molar-refractivity contribution is 0.295. The average molecular weight is 308 g/mol. The molecule has 0 atom stereocenters. The first-order valence-corrected chi connectivity index (χ1v) is 6.28. The van der Waals surface area contributed by atoms with Crippen LogP contribution in [-0.2, 0) is 6.42 Å². The van der Waals surface area contributed by atoms with E-state index in [1.807, 2.05) is 28.8 Å². The number of furan rings is 1. The van der Waals surface area contributed by atoms with Crippen LogP contribution in [0.1, 0.15) is 5.82 Å².